The Labute approximate surface area is 202 Å². The van der Waals surface area contributed by atoms with Gasteiger partial charge < -0.3 is 14.6 Å². The zero-order valence-electron chi connectivity index (χ0n) is 17.9. The number of ether oxygens (including phenoxy) is 2. The fraction of sp³-hybridized carbons (Fsp3) is 0.381. The maximum Gasteiger partial charge on any atom is 0.387 e. The van der Waals surface area contributed by atoms with E-state index in [2.05, 4.69) is 30.2 Å². The molecule has 4 rings (SSSR count). The van der Waals surface area contributed by atoms with Gasteiger partial charge in [0, 0.05) is 23.0 Å². The van der Waals surface area contributed by atoms with Crippen LogP contribution in [0.1, 0.15) is 41.7 Å². The first kappa shape index (κ1) is 24.2. The Balaban J connectivity index is 1.55. The third-order valence-corrected chi connectivity index (χ3v) is 6.10. The predicted octanol–water partition coefficient (Wildman–Crippen LogP) is 4.49. The number of aromatic nitrogens is 4. The third-order valence-electron chi connectivity index (χ3n) is 5.16. The second-order valence-corrected chi connectivity index (χ2v) is 8.96. The summed E-state index contributed by atoms with van der Waals surface area (Å²) in [5, 5.41) is 20.7. The molecule has 2 N–H and O–H groups in total. The molecule has 1 aliphatic carbocycles. The molecule has 1 saturated carbocycles. The zero-order valence-corrected chi connectivity index (χ0v) is 19.4. The Morgan fingerprint density at radius 1 is 1.18 bits per heavy atom. The molecule has 0 aromatic carbocycles. The summed E-state index contributed by atoms with van der Waals surface area (Å²) in [7, 11) is 0. The molecule has 0 spiro atoms. The molecular weight excluding hydrogens is 492 g/mol. The SMILES string of the molecule is Cc1cc(-c2cc(Cl)ncc2OC(F)F)c(C(=O)Nc2nnc(OC3CCC(O)CC3)s2)cn1. The Hall–Kier alpha value is -2.96. The Kier molecular flexibility index (Phi) is 7.49. The fourth-order valence-electron chi connectivity index (χ4n) is 3.56. The minimum Gasteiger partial charge on any atom is -0.466 e. The summed E-state index contributed by atoms with van der Waals surface area (Å²) in [6.07, 6.45) is 4.75. The van der Waals surface area contributed by atoms with Gasteiger partial charge in [0.2, 0.25) is 5.13 Å². The molecule has 0 radical (unpaired) electrons. The summed E-state index contributed by atoms with van der Waals surface area (Å²) in [5.41, 5.74) is 1.08. The average molecular weight is 512 g/mol. The van der Waals surface area contributed by atoms with Gasteiger partial charge in [-0.1, -0.05) is 16.7 Å². The van der Waals surface area contributed by atoms with Crippen LogP contribution in [0.5, 0.6) is 10.9 Å². The van der Waals surface area contributed by atoms with Crippen LogP contribution in [0.2, 0.25) is 5.15 Å². The van der Waals surface area contributed by atoms with Crippen LogP contribution in [0.4, 0.5) is 13.9 Å². The lowest BCUT2D eigenvalue weighted by Gasteiger charge is -2.24. The number of amides is 1. The molecule has 0 unspecified atom stereocenters. The van der Waals surface area contributed by atoms with Crippen molar-refractivity contribution in [3.05, 3.63) is 40.9 Å². The van der Waals surface area contributed by atoms with Gasteiger partial charge in [-0.05, 0) is 56.1 Å². The van der Waals surface area contributed by atoms with Gasteiger partial charge >= 0.3 is 6.61 Å². The number of alkyl halides is 2. The van der Waals surface area contributed by atoms with Crippen LogP contribution in [0.15, 0.2) is 24.5 Å². The molecule has 0 aliphatic heterocycles. The molecule has 3 aromatic rings. The topological polar surface area (TPSA) is 119 Å². The minimum atomic E-state index is -3.09. The van der Waals surface area contributed by atoms with E-state index < -0.39 is 12.5 Å². The van der Waals surface area contributed by atoms with Gasteiger partial charge in [0.25, 0.3) is 11.1 Å². The number of halogens is 3. The summed E-state index contributed by atoms with van der Waals surface area (Å²) < 4.78 is 36.2. The normalized spacial score (nSPS) is 18.1. The summed E-state index contributed by atoms with van der Waals surface area (Å²) in [4.78, 5) is 21.0. The summed E-state index contributed by atoms with van der Waals surface area (Å²) in [5.74, 6) is -0.815. The van der Waals surface area contributed by atoms with E-state index >= 15 is 0 Å². The van der Waals surface area contributed by atoms with Gasteiger partial charge in [0.1, 0.15) is 11.3 Å². The van der Waals surface area contributed by atoms with Gasteiger partial charge in [-0.15, -0.1) is 5.10 Å². The van der Waals surface area contributed by atoms with Crippen molar-refractivity contribution in [1.82, 2.24) is 20.2 Å². The summed E-state index contributed by atoms with van der Waals surface area (Å²) in [6.45, 7) is -1.39. The first-order chi connectivity index (χ1) is 16.3. The molecule has 9 nitrogen and oxygen atoms in total. The van der Waals surface area contributed by atoms with E-state index in [1.807, 2.05) is 0 Å². The largest absolute Gasteiger partial charge is 0.466 e. The second kappa shape index (κ2) is 10.5. The van der Waals surface area contributed by atoms with Crippen molar-refractivity contribution in [1.29, 1.82) is 0 Å². The molecule has 13 heteroatoms. The number of nitrogens with one attached hydrogen (secondary N) is 1. The van der Waals surface area contributed by atoms with Crippen molar-refractivity contribution in [3.8, 4) is 22.1 Å². The first-order valence-electron chi connectivity index (χ1n) is 10.4. The highest BCUT2D eigenvalue weighted by atomic mass is 35.5. The second-order valence-electron chi connectivity index (χ2n) is 7.63. The van der Waals surface area contributed by atoms with E-state index in [1.54, 1.807) is 13.0 Å². The highest BCUT2D eigenvalue weighted by Crippen LogP contribution is 2.35. The molecule has 0 atom stereocenters. The number of hydrogen-bond donors (Lipinski definition) is 2. The number of aryl methyl sites for hydroxylation is 1. The number of anilines is 1. The minimum absolute atomic E-state index is 0.0404. The van der Waals surface area contributed by atoms with Crippen molar-refractivity contribution in [2.75, 3.05) is 5.32 Å². The van der Waals surface area contributed by atoms with Crippen molar-refractivity contribution in [2.24, 2.45) is 0 Å². The van der Waals surface area contributed by atoms with Gasteiger partial charge in [-0.2, -0.15) is 8.78 Å². The lowest BCUT2D eigenvalue weighted by molar-refractivity contribution is -0.0496. The molecule has 3 heterocycles. The van der Waals surface area contributed by atoms with Crippen molar-refractivity contribution < 1.29 is 28.2 Å². The van der Waals surface area contributed by atoms with Crippen LogP contribution in [-0.2, 0) is 0 Å². The van der Waals surface area contributed by atoms with Crippen LogP contribution < -0.4 is 14.8 Å². The Morgan fingerprint density at radius 3 is 2.68 bits per heavy atom. The number of aliphatic hydroxyl groups is 1. The number of carbonyl (C=O) groups is 1. The standard InChI is InChI=1S/C21H20ClF2N5O4S/c1-10-6-13(14-7-17(22)26-9-16(14)33-19(23)24)15(8-25-10)18(31)27-20-28-29-21(34-20)32-12-4-2-11(30)3-5-12/h6-9,11-12,19,30H,2-5H2,1H3,(H,27,28,31). The maximum absolute atomic E-state index is 13.1. The molecule has 34 heavy (non-hydrogen) atoms. The number of rotatable bonds is 7. The molecule has 1 amide bonds. The summed E-state index contributed by atoms with van der Waals surface area (Å²) >= 11 is 7.04. The zero-order chi connectivity index (χ0) is 24.2. The van der Waals surface area contributed by atoms with Crippen molar-refractivity contribution >= 4 is 34.0 Å². The quantitative estimate of drug-likeness (QED) is 0.445. The van der Waals surface area contributed by atoms with Crippen LogP contribution in [0.3, 0.4) is 0 Å². The Bertz CT molecular complexity index is 1170. The molecule has 1 aliphatic rings. The smallest absolute Gasteiger partial charge is 0.387 e. The van der Waals surface area contributed by atoms with Gasteiger partial charge in [-0.3, -0.25) is 15.1 Å². The molecule has 180 valence electrons. The van der Waals surface area contributed by atoms with E-state index in [0.29, 0.717) is 36.6 Å². The van der Waals surface area contributed by atoms with Crippen LogP contribution >= 0.6 is 22.9 Å². The fourth-order valence-corrected chi connectivity index (χ4v) is 4.37. The lowest BCUT2D eigenvalue weighted by atomic mass is 9.95. The predicted molar refractivity (Wildman–Crippen MR) is 121 cm³/mol. The van der Waals surface area contributed by atoms with Crippen LogP contribution in [0.25, 0.3) is 11.1 Å². The summed E-state index contributed by atoms with van der Waals surface area (Å²) in [6, 6.07) is 2.90. The van der Waals surface area contributed by atoms with E-state index in [-0.39, 0.29) is 44.9 Å². The van der Waals surface area contributed by atoms with Crippen molar-refractivity contribution in [2.45, 2.75) is 51.4 Å². The Morgan fingerprint density at radius 2 is 1.94 bits per heavy atom. The van der Waals surface area contributed by atoms with E-state index in [1.165, 1.54) is 12.3 Å². The average Bonchev–Trinajstić information content (AvgIpc) is 3.22. The van der Waals surface area contributed by atoms with Gasteiger partial charge in [0.15, 0.2) is 5.75 Å². The number of hydrogen-bond acceptors (Lipinski definition) is 9. The van der Waals surface area contributed by atoms with E-state index in [9.17, 15) is 18.7 Å². The third kappa shape index (κ3) is 5.93. The number of pyridine rings is 2. The molecular formula is C21H20ClF2N5O4S. The number of carbonyl (C=O) groups excluding carboxylic acids is 1. The van der Waals surface area contributed by atoms with E-state index in [4.69, 9.17) is 16.3 Å². The monoisotopic (exact) mass is 511 g/mol. The first-order valence-corrected chi connectivity index (χ1v) is 11.5. The van der Waals surface area contributed by atoms with Crippen molar-refractivity contribution in [3.63, 3.8) is 0 Å². The van der Waals surface area contributed by atoms with Crippen LogP contribution in [-0.4, -0.2) is 50.0 Å². The molecule has 3 aromatic heterocycles. The van der Waals surface area contributed by atoms with E-state index in [0.717, 1.165) is 17.5 Å². The highest BCUT2D eigenvalue weighted by Gasteiger charge is 2.23. The molecule has 1 fully saturated rings. The lowest BCUT2D eigenvalue weighted by Crippen LogP contribution is -2.26. The maximum atomic E-state index is 13.1. The van der Waals surface area contributed by atoms with Gasteiger partial charge in [-0.25, -0.2) is 4.98 Å². The number of nitrogens with zero attached hydrogens (tertiary/aromatic N) is 4. The van der Waals surface area contributed by atoms with Gasteiger partial charge in [0.05, 0.1) is 17.9 Å². The highest BCUT2D eigenvalue weighted by molar-refractivity contribution is 7.17. The van der Waals surface area contributed by atoms with Crippen LogP contribution in [0, 0.1) is 6.92 Å². The number of aliphatic hydroxyl groups excluding tert-OH is 1. The molecule has 0 saturated heterocycles. The molecule has 0 bridgehead atoms.